The van der Waals surface area contributed by atoms with Gasteiger partial charge in [0.25, 0.3) is 0 Å². The number of rotatable bonds is 7. The second-order valence-corrected chi connectivity index (χ2v) is 7.30. The highest BCUT2D eigenvalue weighted by atomic mass is 32.1. The highest BCUT2D eigenvalue weighted by molar-refractivity contribution is 7.07. The van der Waals surface area contributed by atoms with Gasteiger partial charge in [-0.3, -0.25) is 4.99 Å². The number of hydrogen-bond donors (Lipinski definition) is 0. The lowest BCUT2D eigenvalue weighted by Gasteiger charge is -2.12. The molecule has 5 nitrogen and oxygen atoms in total. The lowest BCUT2D eigenvalue weighted by Crippen LogP contribution is -2.14. The molecule has 29 heavy (non-hydrogen) atoms. The average Bonchev–Trinajstić information content (AvgIpc) is 3.14. The Balaban J connectivity index is 2.20. The van der Waals surface area contributed by atoms with Crippen LogP contribution in [0.2, 0.25) is 0 Å². The molecule has 0 radical (unpaired) electrons. The zero-order chi connectivity index (χ0) is 20.8. The van der Waals surface area contributed by atoms with Crippen LogP contribution in [0.15, 0.2) is 70.6 Å². The minimum Gasteiger partial charge on any atom is -0.497 e. The van der Waals surface area contributed by atoms with Gasteiger partial charge in [0.05, 0.1) is 32.2 Å². The van der Waals surface area contributed by atoms with Crippen molar-refractivity contribution in [3.63, 3.8) is 0 Å². The van der Waals surface area contributed by atoms with Gasteiger partial charge in [0, 0.05) is 10.9 Å². The van der Waals surface area contributed by atoms with Crippen molar-refractivity contribution in [3.05, 3.63) is 76.4 Å². The summed E-state index contributed by atoms with van der Waals surface area (Å²) in [6.07, 6.45) is 1.77. The van der Waals surface area contributed by atoms with Crippen molar-refractivity contribution in [2.24, 2.45) is 10.1 Å². The lowest BCUT2D eigenvalue weighted by molar-refractivity contribution is 0.404. The summed E-state index contributed by atoms with van der Waals surface area (Å²) < 4.78 is 12.9. The van der Waals surface area contributed by atoms with Crippen LogP contribution in [0.25, 0.3) is 11.3 Å². The summed E-state index contributed by atoms with van der Waals surface area (Å²) in [5, 5.41) is 6.93. The molecule has 3 aromatic rings. The molecule has 3 rings (SSSR count). The Kier molecular flexibility index (Phi) is 6.67. The number of aromatic nitrogens is 1. The maximum absolute atomic E-state index is 5.59. The molecular weight excluding hydrogens is 382 g/mol. The smallest absolute Gasteiger partial charge is 0.206 e. The lowest BCUT2D eigenvalue weighted by atomic mass is 10.1. The second-order valence-electron chi connectivity index (χ2n) is 6.46. The van der Waals surface area contributed by atoms with E-state index in [-0.39, 0.29) is 0 Å². The van der Waals surface area contributed by atoms with Crippen LogP contribution in [0.1, 0.15) is 18.1 Å². The van der Waals surface area contributed by atoms with Gasteiger partial charge in [-0.05, 0) is 37.6 Å². The number of benzene rings is 2. The predicted molar refractivity (Wildman–Crippen MR) is 120 cm³/mol. The molecule has 6 heteroatoms. The van der Waals surface area contributed by atoms with E-state index in [2.05, 4.69) is 42.8 Å². The molecule has 0 saturated heterocycles. The Morgan fingerprint density at radius 2 is 1.90 bits per heavy atom. The van der Waals surface area contributed by atoms with Gasteiger partial charge >= 0.3 is 0 Å². The largest absolute Gasteiger partial charge is 0.497 e. The van der Waals surface area contributed by atoms with E-state index < -0.39 is 0 Å². The fraction of sp³-hybridized carbons (Fsp3) is 0.217. The first-order valence-electron chi connectivity index (χ1n) is 9.24. The predicted octanol–water partition coefficient (Wildman–Crippen LogP) is 4.90. The first-order valence-corrected chi connectivity index (χ1v) is 10.1. The van der Waals surface area contributed by atoms with Gasteiger partial charge in [0.2, 0.25) is 4.80 Å². The standard InChI is InChI=1S/C23H25N3O2S/c1-6-13-24-23-26(25-17(3)18-9-7-16(2)8-10-18)21(15-29-23)20-14-19(27-4)11-12-22(20)28-5/h6-12,14-15H,1,13H2,2-5H3. The third-order valence-corrected chi connectivity index (χ3v) is 5.30. The van der Waals surface area contributed by atoms with Gasteiger partial charge in [-0.15, -0.1) is 17.9 Å². The van der Waals surface area contributed by atoms with Crippen LogP contribution < -0.4 is 14.3 Å². The number of aryl methyl sites for hydroxylation is 1. The van der Waals surface area contributed by atoms with Crippen LogP contribution in [-0.2, 0) is 0 Å². The van der Waals surface area contributed by atoms with E-state index in [1.165, 1.54) is 16.9 Å². The highest BCUT2D eigenvalue weighted by Crippen LogP contribution is 2.33. The Labute approximate surface area is 175 Å². The van der Waals surface area contributed by atoms with Gasteiger partial charge in [-0.1, -0.05) is 35.9 Å². The molecule has 0 aliphatic heterocycles. The minimum atomic E-state index is 0.522. The van der Waals surface area contributed by atoms with Crippen LogP contribution in [0, 0.1) is 6.92 Å². The Morgan fingerprint density at radius 1 is 1.14 bits per heavy atom. The van der Waals surface area contributed by atoms with Gasteiger partial charge in [0.1, 0.15) is 11.5 Å². The second kappa shape index (κ2) is 9.39. The molecule has 2 aromatic carbocycles. The van der Waals surface area contributed by atoms with E-state index in [1.54, 1.807) is 20.3 Å². The fourth-order valence-corrected chi connectivity index (χ4v) is 3.68. The van der Waals surface area contributed by atoms with Crippen molar-refractivity contribution < 1.29 is 9.47 Å². The van der Waals surface area contributed by atoms with E-state index >= 15 is 0 Å². The summed E-state index contributed by atoms with van der Waals surface area (Å²) in [6, 6.07) is 14.0. The molecule has 1 aromatic heterocycles. The van der Waals surface area contributed by atoms with E-state index in [0.717, 1.165) is 38.8 Å². The summed E-state index contributed by atoms with van der Waals surface area (Å²) in [5.74, 6) is 1.50. The number of nitrogens with zero attached hydrogens (tertiary/aromatic N) is 3. The monoisotopic (exact) mass is 407 g/mol. The quantitative estimate of drug-likeness (QED) is 0.413. The van der Waals surface area contributed by atoms with Crippen LogP contribution in [-0.4, -0.2) is 31.2 Å². The van der Waals surface area contributed by atoms with E-state index in [0.29, 0.717) is 6.54 Å². The van der Waals surface area contributed by atoms with Crippen LogP contribution in [0.4, 0.5) is 0 Å². The van der Waals surface area contributed by atoms with E-state index in [4.69, 9.17) is 14.6 Å². The van der Waals surface area contributed by atoms with Gasteiger partial charge in [0.15, 0.2) is 0 Å². The summed E-state index contributed by atoms with van der Waals surface area (Å²) in [5.41, 5.74) is 4.95. The molecule has 0 aliphatic rings. The third-order valence-electron chi connectivity index (χ3n) is 4.44. The molecule has 0 unspecified atom stereocenters. The van der Waals surface area contributed by atoms with E-state index in [1.807, 2.05) is 35.2 Å². The fourth-order valence-electron chi connectivity index (χ4n) is 2.85. The minimum absolute atomic E-state index is 0.522. The van der Waals surface area contributed by atoms with Crippen molar-refractivity contribution in [1.29, 1.82) is 0 Å². The molecule has 0 N–H and O–H groups in total. The maximum atomic E-state index is 5.59. The molecule has 0 spiro atoms. The molecule has 0 aliphatic carbocycles. The number of hydrogen-bond acceptors (Lipinski definition) is 5. The van der Waals surface area contributed by atoms with Crippen LogP contribution in [0.3, 0.4) is 0 Å². The van der Waals surface area contributed by atoms with Gasteiger partial charge in [-0.2, -0.15) is 5.10 Å². The molecule has 0 bridgehead atoms. The zero-order valence-electron chi connectivity index (χ0n) is 17.2. The first kappa shape index (κ1) is 20.6. The Morgan fingerprint density at radius 3 is 2.55 bits per heavy atom. The molecule has 0 saturated carbocycles. The van der Waals surface area contributed by atoms with Crippen molar-refractivity contribution in [2.75, 3.05) is 20.8 Å². The molecule has 0 fully saturated rings. The Bertz CT molecular complexity index is 1090. The third kappa shape index (κ3) is 4.66. The summed E-state index contributed by atoms with van der Waals surface area (Å²) in [7, 11) is 3.31. The zero-order valence-corrected chi connectivity index (χ0v) is 18.0. The Hall–Kier alpha value is -3.12. The van der Waals surface area contributed by atoms with Crippen LogP contribution in [0.5, 0.6) is 11.5 Å². The number of methoxy groups -OCH3 is 2. The van der Waals surface area contributed by atoms with Crippen molar-refractivity contribution in [3.8, 4) is 22.8 Å². The van der Waals surface area contributed by atoms with E-state index in [9.17, 15) is 0 Å². The van der Waals surface area contributed by atoms with Crippen molar-refractivity contribution in [1.82, 2.24) is 4.68 Å². The average molecular weight is 408 g/mol. The molecule has 1 heterocycles. The molecule has 150 valence electrons. The number of thiazole rings is 1. The van der Waals surface area contributed by atoms with Gasteiger partial charge < -0.3 is 9.47 Å². The molecular formula is C23H25N3O2S. The SMILES string of the molecule is C=CCN=c1scc(-c2cc(OC)ccc2OC)n1N=C(C)c1ccc(C)cc1. The maximum Gasteiger partial charge on any atom is 0.206 e. The van der Waals surface area contributed by atoms with Crippen LogP contribution >= 0.6 is 11.3 Å². The van der Waals surface area contributed by atoms with Crippen molar-refractivity contribution >= 4 is 17.0 Å². The highest BCUT2D eigenvalue weighted by Gasteiger charge is 2.14. The summed E-state index contributed by atoms with van der Waals surface area (Å²) in [6.45, 7) is 8.36. The molecule has 0 amide bonds. The summed E-state index contributed by atoms with van der Waals surface area (Å²) in [4.78, 5) is 5.40. The normalized spacial score (nSPS) is 12.1. The molecule has 0 atom stereocenters. The topological polar surface area (TPSA) is 48.1 Å². The summed E-state index contributed by atoms with van der Waals surface area (Å²) >= 11 is 1.53. The number of ether oxygens (including phenoxy) is 2. The first-order chi connectivity index (χ1) is 14.1. The van der Waals surface area contributed by atoms with Gasteiger partial charge in [-0.25, -0.2) is 4.68 Å². The van der Waals surface area contributed by atoms with Crippen molar-refractivity contribution in [2.45, 2.75) is 13.8 Å².